The van der Waals surface area contributed by atoms with Gasteiger partial charge < -0.3 is 14.4 Å². The first-order valence-corrected chi connectivity index (χ1v) is 9.47. The van der Waals surface area contributed by atoms with Crippen molar-refractivity contribution in [2.75, 3.05) is 6.61 Å². The van der Waals surface area contributed by atoms with Gasteiger partial charge in [-0.2, -0.15) is 0 Å². The zero-order valence-electron chi connectivity index (χ0n) is 16.2. The maximum absolute atomic E-state index is 14.0. The normalized spacial score (nSPS) is 12.4. The molecule has 4 rings (SSSR count). The Morgan fingerprint density at radius 1 is 1.21 bits per heavy atom. The average Bonchev–Trinajstić information content (AvgIpc) is 2.98. The van der Waals surface area contributed by atoms with Crippen molar-refractivity contribution in [1.82, 2.24) is 9.55 Å². The minimum absolute atomic E-state index is 0.0142. The van der Waals surface area contributed by atoms with Crippen molar-refractivity contribution in [3.05, 3.63) is 77.4 Å². The number of fused-ring (bicyclic) bond motifs is 2. The number of carbonyl (C=O) groups is 1. The number of para-hydroxylation sites is 1. The van der Waals surface area contributed by atoms with Crippen LogP contribution in [0.15, 0.2) is 54.6 Å². The van der Waals surface area contributed by atoms with Crippen LogP contribution in [0.4, 0.5) is 4.39 Å². The Morgan fingerprint density at radius 2 is 2.00 bits per heavy atom. The summed E-state index contributed by atoms with van der Waals surface area (Å²) in [6, 6.07) is 15.6. The summed E-state index contributed by atoms with van der Waals surface area (Å²) in [7, 11) is 0. The molecule has 2 heterocycles. The van der Waals surface area contributed by atoms with Crippen LogP contribution in [0.2, 0.25) is 0 Å². The quantitative estimate of drug-likeness (QED) is 0.515. The summed E-state index contributed by atoms with van der Waals surface area (Å²) in [4.78, 5) is 16.7. The van der Waals surface area contributed by atoms with E-state index in [1.54, 1.807) is 30.5 Å². The van der Waals surface area contributed by atoms with Crippen LogP contribution in [0.25, 0.3) is 21.8 Å². The summed E-state index contributed by atoms with van der Waals surface area (Å²) in [6.45, 7) is 3.81. The molecule has 0 aliphatic heterocycles. The van der Waals surface area contributed by atoms with Crippen LogP contribution in [0.1, 0.15) is 30.0 Å². The van der Waals surface area contributed by atoms with E-state index >= 15 is 0 Å². The molecule has 4 aromatic rings. The SMILES string of the molecule is CCOC(=O)Cn1c(C)c(C(O)c2ccc3ccccc3n2)c2cc(F)ccc21. The molecule has 0 aliphatic rings. The molecule has 6 heteroatoms. The van der Waals surface area contributed by atoms with E-state index in [0.29, 0.717) is 27.9 Å². The molecule has 0 fully saturated rings. The topological polar surface area (TPSA) is 64.3 Å². The predicted molar refractivity (Wildman–Crippen MR) is 109 cm³/mol. The van der Waals surface area contributed by atoms with Gasteiger partial charge in [0, 0.05) is 27.5 Å². The van der Waals surface area contributed by atoms with E-state index < -0.39 is 11.9 Å². The van der Waals surface area contributed by atoms with Gasteiger partial charge in [-0.15, -0.1) is 0 Å². The first-order chi connectivity index (χ1) is 14.0. The van der Waals surface area contributed by atoms with Crippen molar-refractivity contribution in [3.8, 4) is 0 Å². The van der Waals surface area contributed by atoms with Crippen LogP contribution >= 0.6 is 0 Å². The second-order valence-electron chi connectivity index (χ2n) is 6.88. The Balaban J connectivity index is 1.86. The van der Waals surface area contributed by atoms with Crippen LogP contribution in [0.3, 0.4) is 0 Å². The predicted octanol–water partition coefficient (Wildman–Crippen LogP) is 4.28. The summed E-state index contributed by atoms with van der Waals surface area (Å²) in [5, 5.41) is 12.7. The number of halogens is 1. The van der Waals surface area contributed by atoms with E-state index in [1.165, 1.54) is 12.1 Å². The second kappa shape index (κ2) is 7.64. The molecule has 0 saturated heterocycles. The highest BCUT2D eigenvalue weighted by Crippen LogP contribution is 2.34. The van der Waals surface area contributed by atoms with Gasteiger partial charge >= 0.3 is 5.97 Å². The van der Waals surface area contributed by atoms with E-state index in [0.717, 1.165) is 10.9 Å². The average molecular weight is 392 g/mol. The van der Waals surface area contributed by atoms with Crippen LogP contribution in [-0.4, -0.2) is 27.2 Å². The first kappa shape index (κ1) is 19.1. The minimum atomic E-state index is -1.06. The number of aromatic nitrogens is 2. The first-order valence-electron chi connectivity index (χ1n) is 9.47. The number of benzene rings is 2. The lowest BCUT2D eigenvalue weighted by molar-refractivity contribution is -0.143. The van der Waals surface area contributed by atoms with E-state index in [-0.39, 0.29) is 19.1 Å². The Labute approximate surface area is 167 Å². The second-order valence-corrected chi connectivity index (χ2v) is 6.88. The van der Waals surface area contributed by atoms with Gasteiger partial charge in [-0.1, -0.05) is 24.3 Å². The zero-order valence-corrected chi connectivity index (χ0v) is 16.2. The van der Waals surface area contributed by atoms with Crippen LogP contribution in [0, 0.1) is 12.7 Å². The van der Waals surface area contributed by atoms with Gasteiger partial charge in [-0.25, -0.2) is 9.37 Å². The maximum atomic E-state index is 14.0. The Hall–Kier alpha value is -3.25. The van der Waals surface area contributed by atoms with Crippen molar-refractivity contribution < 1.29 is 19.0 Å². The standard InChI is InChI=1S/C23H21FN2O3/c1-3-29-21(27)13-26-14(2)22(17-12-16(24)9-11-20(17)26)23(28)19-10-8-15-6-4-5-7-18(15)25-19/h4-12,23,28H,3,13H2,1-2H3. The molecule has 29 heavy (non-hydrogen) atoms. The van der Waals surface area contributed by atoms with Crippen LogP contribution in [0.5, 0.6) is 0 Å². The fraction of sp³-hybridized carbons (Fsp3) is 0.217. The van der Waals surface area contributed by atoms with Crippen molar-refractivity contribution in [3.63, 3.8) is 0 Å². The fourth-order valence-electron chi connectivity index (χ4n) is 3.75. The van der Waals surface area contributed by atoms with Crippen molar-refractivity contribution in [2.24, 2.45) is 0 Å². The number of rotatable bonds is 5. The number of pyridine rings is 1. The van der Waals surface area contributed by atoms with E-state index in [4.69, 9.17) is 4.74 Å². The number of aliphatic hydroxyl groups is 1. The molecule has 1 unspecified atom stereocenters. The lowest BCUT2D eigenvalue weighted by Crippen LogP contribution is -2.15. The van der Waals surface area contributed by atoms with Crippen molar-refractivity contribution >= 4 is 27.8 Å². The summed E-state index contributed by atoms with van der Waals surface area (Å²) in [6.07, 6.45) is -1.06. The summed E-state index contributed by atoms with van der Waals surface area (Å²) >= 11 is 0. The molecular formula is C23H21FN2O3. The molecule has 5 nitrogen and oxygen atoms in total. The monoisotopic (exact) mass is 392 g/mol. The Morgan fingerprint density at radius 3 is 2.79 bits per heavy atom. The lowest BCUT2D eigenvalue weighted by atomic mass is 10.0. The number of esters is 1. The molecule has 0 saturated carbocycles. The highest BCUT2D eigenvalue weighted by atomic mass is 19.1. The van der Waals surface area contributed by atoms with E-state index in [2.05, 4.69) is 4.98 Å². The van der Waals surface area contributed by atoms with Gasteiger partial charge in [0.2, 0.25) is 0 Å². The van der Waals surface area contributed by atoms with Gasteiger partial charge in [-0.05, 0) is 44.2 Å². The van der Waals surface area contributed by atoms with Crippen LogP contribution < -0.4 is 0 Å². The molecule has 2 aromatic carbocycles. The van der Waals surface area contributed by atoms with E-state index in [9.17, 15) is 14.3 Å². The number of hydrogen-bond acceptors (Lipinski definition) is 4. The molecule has 0 spiro atoms. The molecule has 0 bridgehead atoms. The van der Waals surface area contributed by atoms with Crippen molar-refractivity contribution in [2.45, 2.75) is 26.5 Å². The number of hydrogen-bond donors (Lipinski definition) is 1. The highest BCUT2D eigenvalue weighted by Gasteiger charge is 2.24. The summed E-state index contributed by atoms with van der Waals surface area (Å²) < 4.78 is 20.8. The molecule has 0 aliphatic carbocycles. The Kier molecular flexibility index (Phi) is 5.03. The molecule has 0 radical (unpaired) electrons. The van der Waals surface area contributed by atoms with Gasteiger partial charge in [-0.3, -0.25) is 4.79 Å². The molecule has 0 amide bonds. The van der Waals surface area contributed by atoms with Gasteiger partial charge in [0.25, 0.3) is 0 Å². The molecule has 1 N–H and O–H groups in total. The van der Waals surface area contributed by atoms with Gasteiger partial charge in [0.05, 0.1) is 17.8 Å². The smallest absolute Gasteiger partial charge is 0.325 e. The molecule has 148 valence electrons. The third kappa shape index (κ3) is 3.47. The Bertz CT molecular complexity index is 1220. The third-order valence-electron chi connectivity index (χ3n) is 5.10. The summed E-state index contributed by atoms with van der Waals surface area (Å²) in [5.74, 6) is -0.799. The lowest BCUT2D eigenvalue weighted by Gasteiger charge is -2.13. The number of nitrogens with zero attached hydrogens (tertiary/aromatic N) is 2. The van der Waals surface area contributed by atoms with Gasteiger partial charge in [0.15, 0.2) is 0 Å². The highest BCUT2D eigenvalue weighted by molar-refractivity contribution is 5.88. The number of ether oxygens (including phenoxy) is 1. The van der Waals surface area contributed by atoms with Crippen LogP contribution in [-0.2, 0) is 16.1 Å². The number of carbonyl (C=O) groups excluding carboxylic acids is 1. The molecular weight excluding hydrogens is 371 g/mol. The number of aliphatic hydroxyl groups excluding tert-OH is 1. The zero-order chi connectivity index (χ0) is 20.5. The van der Waals surface area contributed by atoms with Gasteiger partial charge in [0.1, 0.15) is 18.5 Å². The largest absolute Gasteiger partial charge is 0.465 e. The minimum Gasteiger partial charge on any atom is -0.465 e. The maximum Gasteiger partial charge on any atom is 0.325 e. The fourth-order valence-corrected chi connectivity index (χ4v) is 3.75. The van der Waals surface area contributed by atoms with E-state index in [1.807, 2.05) is 30.3 Å². The molecule has 1 atom stereocenters. The molecule has 2 aromatic heterocycles. The van der Waals surface area contributed by atoms with Crippen molar-refractivity contribution in [1.29, 1.82) is 0 Å². The summed E-state index contributed by atoms with van der Waals surface area (Å²) in [5.41, 5.74) is 3.09. The third-order valence-corrected chi connectivity index (χ3v) is 5.10.